The summed E-state index contributed by atoms with van der Waals surface area (Å²) in [5.74, 6) is -0.635. The first-order chi connectivity index (χ1) is 13.4. The van der Waals surface area contributed by atoms with Crippen LogP contribution in [0.15, 0.2) is 54.6 Å². The molecule has 0 aliphatic heterocycles. The van der Waals surface area contributed by atoms with Crippen molar-refractivity contribution < 1.29 is 9.18 Å². The van der Waals surface area contributed by atoms with Gasteiger partial charge in [0.2, 0.25) is 0 Å². The van der Waals surface area contributed by atoms with Gasteiger partial charge in [0.25, 0.3) is 5.91 Å². The maximum absolute atomic E-state index is 13.1. The van der Waals surface area contributed by atoms with E-state index in [-0.39, 0.29) is 11.7 Å². The Kier molecular flexibility index (Phi) is 4.39. The van der Waals surface area contributed by atoms with Gasteiger partial charge in [-0.1, -0.05) is 17.7 Å². The van der Waals surface area contributed by atoms with Crippen molar-refractivity contribution in [2.45, 2.75) is 20.8 Å². The van der Waals surface area contributed by atoms with Gasteiger partial charge in [0.15, 0.2) is 5.65 Å². The number of aromatic nitrogens is 3. The lowest BCUT2D eigenvalue weighted by atomic mass is 10.1. The van der Waals surface area contributed by atoms with Gasteiger partial charge in [-0.25, -0.2) is 14.1 Å². The van der Waals surface area contributed by atoms with Crippen molar-refractivity contribution in [2.75, 3.05) is 5.32 Å². The van der Waals surface area contributed by atoms with Crippen LogP contribution in [0.3, 0.4) is 0 Å². The van der Waals surface area contributed by atoms with Crippen molar-refractivity contribution in [3.8, 4) is 5.69 Å². The van der Waals surface area contributed by atoms with Gasteiger partial charge in [-0.3, -0.25) is 4.79 Å². The molecule has 2 heterocycles. The maximum Gasteiger partial charge on any atom is 0.256 e. The number of rotatable bonds is 3. The molecule has 0 bridgehead atoms. The highest BCUT2D eigenvalue weighted by Gasteiger charge is 2.19. The predicted octanol–water partition coefficient (Wildman–Crippen LogP) is 4.74. The third-order valence-electron chi connectivity index (χ3n) is 4.57. The molecule has 140 valence electrons. The van der Waals surface area contributed by atoms with Crippen LogP contribution in [0.2, 0.25) is 0 Å². The van der Waals surface area contributed by atoms with Crippen LogP contribution in [0.5, 0.6) is 0 Å². The molecule has 5 nitrogen and oxygen atoms in total. The second-order valence-electron chi connectivity index (χ2n) is 6.80. The number of aryl methyl sites for hydroxylation is 3. The van der Waals surface area contributed by atoms with Crippen LogP contribution in [0.25, 0.3) is 16.7 Å². The summed E-state index contributed by atoms with van der Waals surface area (Å²) >= 11 is 0. The minimum Gasteiger partial charge on any atom is -0.322 e. The Bertz CT molecular complexity index is 1180. The van der Waals surface area contributed by atoms with Gasteiger partial charge in [0, 0.05) is 11.4 Å². The molecular weight excluding hydrogens is 355 g/mol. The van der Waals surface area contributed by atoms with Crippen LogP contribution >= 0.6 is 0 Å². The molecule has 28 heavy (non-hydrogen) atoms. The minimum atomic E-state index is -0.352. The number of hydrogen-bond acceptors (Lipinski definition) is 3. The van der Waals surface area contributed by atoms with E-state index in [2.05, 4.69) is 15.4 Å². The van der Waals surface area contributed by atoms with Crippen LogP contribution < -0.4 is 5.32 Å². The summed E-state index contributed by atoms with van der Waals surface area (Å²) in [4.78, 5) is 17.6. The quantitative estimate of drug-likeness (QED) is 0.564. The van der Waals surface area contributed by atoms with Gasteiger partial charge in [-0.15, -0.1) is 0 Å². The van der Waals surface area contributed by atoms with E-state index in [0.717, 1.165) is 11.3 Å². The average molecular weight is 374 g/mol. The van der Waals surface area contributed by atoms with E-state index in [1.54, 1.807) is 10.7 Å². The second-order valence-corrected chi connectivity index (χ2v) is 6.80. The number of halogens is 1. The second kappa shape index (κ2) is 6.88. The van der Waals surface area contributed by atoms with Crippen molar-refractivity contribution in [1.29, 1.82) is 0 Å². The van der Waals surface area contributed by atoms with Crippen molar-refractivity contribution in [3.63, 3.8) is 0 Å². The molecule has 2 aromatic carbocycles. The molecule has 0 saturated carbocycles. The molecule has 0 unspecified atom stereocenters. The summed E-state index contributed by atoms with van der Waals surface area (Å²) in [6, 6.07) is 15.4. The summed E-state index contributed by atoms with van der Waals surface area (Å²) < 4.78 is 14.9. The van der Waals surface area contributed by atoms with Crippen molar-refractivity contribution >= 4 is 22.6 Å². The van der Waals surface area contributed by atoms with Gasteiger partial charge in [-0.05, 0) is 63.2 Å². The third kappa shape index (κ3) is 3.24. The van der Waals surface area contributed by atoms with Crippen molar-refractivity contribution in [1.82, 2.24) is 14.8 Å². The Labute approximate surface area is 161 Å². The third-order valence-corrected chi connectivity index (χ3v) is 4.57. The Morgan fingerprint density at radius 1 is 1.00 bits per heavy atom. The Balaban J connectivity index is 1.82. The van der Waals surface area contributed by atoms with Gasteiger partial charge < -0.3 is 5.32 Å². The van der Waals surface area contributed by atoms with Crippen LogP contribution in [0, 0.1) is 26.6 Å². The number of pyridine rings is 1. The first-order valence-electron chi connectivity index (χ1n) is 8.93. The number of anilines is 1. The van der Waals surface area contributed by atoms with Crippen molar-refractivity contribution in [2.24, 2.45) is 0 Å². The van der Waals surface area contributed by atoms with Gasteiger partial charge in [-0.2, -0.15) is 5.10 Å². The van der Waals surface area contributed by atoms with E-state index in [4.69, 9.17) is 0 Å². The lowest BCUT2D eigenvalue weighted by molar-refractivity contribution is 0.102. The highest BCUT2D eigenvalue weighted by Crippen LogP contribution is 2.26. The molecule has 0 saturated heterocycles. The molecule has 0 spiro atoms. The summed E-state index contributed by atoms with van der Waals surface area (Å²) in [7, 11) is 0. The fourth-order valence-corrected chi connectivity index (χ4v) is 3.19. The first kappa shape index (κ1) is 17.9. The fourth-order valence-electron chi connectivity index (χ4n) is 3.19. The Morgan fingerprint density at radius 3 is 2.36 bits per heavy atom. The first-order valence-corrected chi connectivity index (χ1v) is 8.93. The molecule has 2 aromatic heterocycles. The Morgan fingerprint density at radius 2 is 1.68 bits per heavy atom. The molecule has 4 rings (SSSR count). The smallest absolute Gasteiger partial charge is 0.256 e. The van der Waals surface area contributed by atoms with E-state index >= 15 is 0 Å². The molecule has 0 fully saturated rings. The van der Waals surface area contributed by atoms with Gasteiger partial charge in [0.05, 0.1) is 22.3 Å². The molecule has 0 radical (unpaired) electrons. The molecule has 1 amide bonds. The predicted molar refractivity (Wildman–Crippen MR) is 107 cm³/mol. The summed E-state index contributed by atoms with van der Waals surface area (Å²) in [5.41, 5.74) is 5.11. The molecule has 0 atom stereocenters. The largest absolute Gasteiger partial charge is 0.322 e. The summed E-state index contributed by atoms with van der Waals surface area (Å²) in [6.45, 7) is 5.73. The molecular formula is C22H19FN4O. The number of nitrogens with one attached hydrogen (secondary N) is 1. The maximum atomic E-state index is 13.1. The number of amides is 1. The number of nitrogens with zero attached hydrogens (tertiary/aromatic N) is 3. The minimum absolute atomic E-state index is 0.284. The zero-order valence-electron chi connectivity index (χ0n) is 15.8. The topological polar surface area (TPSA) is 59.8 Å². The van der Waals surface area contributed by atoms with E-state index in [1.807, 2.05) is 45.0 Å². The monoisotopic (exact) mass is 374 g/mol. The molecule has 0 aliphatic carbocycles. The van der Waals surface area contributed by atoms with Crippen LogP contribution in [0.1, 0.15) is 27.3 Å². The van der Waals surface area contributed by atoms with E-state index in [1.165, 1.54) is 24.3 Å². The van der Waals surface area contributed by atoms with Gasteiger partial charge in [0.1, 0.15) is 5.82 Å². The van der Waals surface area contributed by atoms with Gasteiger partial charge >= 0.3 is 0 Å². The SMILES string of the molecule is Cc1ccc(-n2nc(C)c3c(C(=O)Nc4ccc(F)cc4)cc(C)nc32)cc1. The van der Waals surface area contributed by atoms with E-state index in [0.29, 0.717) is 33.7 Å². The number of fused-ring (bicyclic) bond motifs is 1. The number of benzene rings is 2. The normalized spacial score (nSPS) is 11.0. The van der Waals surface area contributed by atoms with Crippen LogP contribution in [-0.2, 0) is 0 Å². The number of hydrogen-bond donors (Lipinski definition) is 1. The Hall–Kier alpha value is -3.54. The molecule has 0 aliphatic rings. The summed E-state index contributed by atoms with van der Waals surface area (Å²) in [6.07, 6.45) is 0. The van der Waals surface area contributed by atoms with Crippen LogP contribution in [-0.4, -0.2) is 20.7 Å². The number of carbonyl (C=O) groups is 1. The van der Waals surface area contributed by atoms with Crippen molar-refractivity contribution in [3.05, 3.63) is 82.9 Å². The van der Waals surface area contributed by atoms with E-state index in [9.17, 15) is 9.18 Å². The molecule has 4 aromatic rings. The van der Waals surface area contributed by atoms with Crippen LogP contribution in [0.4, 0.5) is 10.1 Å². The highest BCUT2D eigenvalue weighted by atomic mass is 19.1. The standard InChI is InChI=1S/C22H19FN4O/c1-13-4-10-18(11-5-13)27-21-20(15(3)26-27)19(12-14(2)24-21)22(28)25-17-8-6-16(23)7-9-17/h4-12H,1-3H3,(H,25,28). The molecule has 1 N–H and O–H groups in total. The average Bonchev–Trinajstić information content (AvgIpc) is 3.00. The fraction of sp³-hybridized carbons (Fsp3) is 0.136. The lowest BCUT2D eigenvalue weighted by Gasteiger charge is -2.09. The highest BCUT2D eigenvalue weighted by molar-refractivity contribution is 6.12. The molecule has 6 heteroatoms. The zero-order chi connectivity index (χ0) is 19.8. The van der Waals surface area contributed by atoms with E-state index < -0.39 is 0 Å². The summed E-state index contributed by atoms with van der Waals surface area (Å²) in [5, 5.41) is 8.13. The zero-order valence-corrected chi connectivity index (χ0v) is 15.8. The lowest BCUT2D eigenvalue weighted by Crippen LogP contribution is -2.13. The number of carbonyl (C=O) groups excluding carboxylic acids is 1.